The monoisotopic (exact) mass is 500 g/mol. The molecule has 0 radical (unpaired) electrons. The van der Waals surface area contributed by atoms with Gasteiger partial charge in [0.1, 0.15) is 18.2 Å². The van der Waals surface area contributed by atoms with Gasteiger partial charge in [-0.05, 0) is 62.5 Å². The van der Waals surface area contributed by atoms with E-state index < -0.39 is 0 Å². The molecular weight excluding hydrogens is 474 g/mol. The number of aromatic nitrogens is 1. The average Bonchev–Trinajstić information content (AvgIpc) is 3.36. The molecule has 0 aliphatic rings. The second-order valence-electron chi connectivity index (χ2n) is 10.5. The Morgan fingerprint density at radius 2 is 1.26 bits per heavy atom. The molecule has 0 amide bonds. The lowest BCUT2D eigenvalue weighted by molar-refractivity contribution is -0.660. The van der Waals surface area contributed by atoms with Gasteiger partial charge in [0.05, 0.1) is 5.56 Å². The van der Waals surface area contributed by atoms with Crippen molar-refractivity contribution in [3.05, 3.63) is 127 Å². The van der Waals surface area contributed by atoms with Crippen LogP contribution < -0.4 is 4.57 Å². The van der Waals surface area contributed by atoms with Crippen LogP contribution in [0.1, 0.15) is 5.56 Å². The van der Waals surface area contributed by atoms with Crippen molar-refractivity contribution in [1.29, 1.82) is 0 Å². The van der Waals surface area contributed by atoms with Gasteiger partial charge in [-0.3, -0.25) is 0 Å². The molecule has 8 aromatic rings. The van der Waals surface area contributed by atoms with Crippen LogP contribution in [0.4, 0.5) is 0 Å². The van der Waals surface area contributed by atoms with Crippen molar-refractivity contribution in [2.75, 3.05) is 0 Å². The number of nitrogens with zero attached hydrogens (tertiary/aromatic N) is 1. The summed E-state index contributed by atoms with van der Waals surface area (Å²) >= 11 is 0. The van der Waals surface area contributed by atoms with Crippen LogP contribution in [0.3, 0.4) is 0 Å². The summed E-state index contributed by atoms with van der Waals surface area (Å²) in [6.45, 7) is 2.16. The number of aryl methyl sites for hydroxylation is 2. The Labute approximate surface area is 226 Å². The highest BCUT2D eigenvalue weighted by Crippen LogP contribution is 2.44. The van der Waals surface area contributed by atoms with Crippen LogP contribution in [-0.4, -0.2) is 0 Å². The highest BCUT2D eigenvalue weighted by Gasteiger charge is 2.22. The summed E-state index contributed by atoms with van der Waals surface area (Å²) in [5, 5.41) is 9.89. The first-order valence-corrected chi connectivity index (χ1v) is 13.4. The molecule has 39 heavy (non-hydrogen) atoms. The summed E-state index contributed by atoms with van der Waals surface area (Å²) in [6, 6.07) is 41.5. The molecule has 2 nitrogen and oxygen atoms in total. The van der Waals surface area contributed by atoms with Gasteiger partial charge in [0.2, 0.25) is 5.69 Å². The summed E-state index contributed by atoms with van der Waals surface area (Å²) in [5.74, 6) is 0. The van der Waals surface area contributed by atoms with Crippen LogP contribution >= 0.6 is 0 Å². The van der Waals surface area contributed by atoms with Crippen molar-refractivity contribution in [1.82, 2.24) is 0 Å². The molecule has 0 spiro atoms. The Kier molecular flexibility index (Phi) is 4.68. The quantitative estimate of drug-likeness (QED) is 0.171. The van der Waals surface area contributed by atoms with Crippen molar-refractivity contribution in [2.45, 2.75) is 6.92 Å². The number of benzene rings is 6. The van der Waals surface area contributed by atoms with Gasteiger partial charge >= 0.3 is 0 Å². The smallest absolute Gasteiger partial charge is 0.216 e. The molecule has 6 aromatic carbocycles. The third-order valence-corrected chi connectivity index (χ3v) is 8.22. The highest BCUT2D eigenvalue weighted by atomic mass is 16.3. The Morgan fingerprint density at radius 1 is 0.538 bits per heavy atom. The fourth-order valence-corrected chi connectivity index (χ4v) is 6.38. The highest BCUT2D eigenvalue weighted by molar-refractivity contribution is 6.24. The summed E-state index contributed by atoms with van der Waals surface area (Å²) in [7, 11) is 2.09. The number of pyridine rings is 1. The number of rotatable bonds is 2. The molecule has 0 bridgehead atoms. The largest absolute Gasteiger partial charge is 0.454 e. The maximum Gasteiger partial charge on any atom is 0.216 e. The fraction of sp³-hybridized carbons (Fsp3) is 0.0541. The Morgan fingerprint density at radius 3 is 2.13 bits per heavy atom. The molecule has 0 N–H and O–H groups in total. The maximum atomic E-state index is 6.88. The van der Waals surface area contributed by atoms with Gasteiger partial charge in [0.25, 0.3) is 0 Å². The van der Waals surface area contributed by atoms with Crippen LogP contribution in [0.25, 0.3) is 76.6 Å². The van der Waals surface area contributed by atoms with Crippen LogP contribution in [-0.2, 0) is 7.05 Å². The molecule has 184 valence electrons. The fourth-order valence-electron chi connectivity index (χ4n) is 6.38. The van der Waals surface area contributed by atoms with E-state index in [2.05, 4.69) is 140 Å². The van der Waals surface area contributed by atoms with E-state index in [0.29, 0.717) is 0 Å². The first kappa shape index (κ1) is 22.1. The number of hydrogen-bond acceptors (Lipinski definition) is 1. The van der Waals surface area contributed by atoms with Gasteiger partial charge in [-0.2, -0.15) is 0 Å². The molecule has 0 fully saturated rings. The van der Waals surface area contributed by atoms with Gasteiger partial charge in [-0.1, -0.05) is 91.0 Å². The second-order valence-corrected chi connectivity index (χ2v) is 10.5. The number of fused-ring (bicyclic) bond motifs is 8. The summed E-state index contributed by atoms with van der Waals surface area (Å²) in [4.78, 5) is 0. The van der Waals surface area contributed by atoms with Crippen LogP contribution in [0, 0.1) is 6.92 Å². The molecule has 8 rings (SSSR count). The first-order chi connectivity index (χ1) is 19.2. The van der Waals surface area contributed by atoms with Gasteiger partial charge in [0.15, 0.2) is 6.20 Å². The maximum absolute atomic E-state index is 6.88. The lowest BCUT2D eigenvalue weighted by Crippen LogP contribution is -2.30. The summed E-state index contributed by atoms with van der Waals surface area (Å²) in [6.07, 6.45) is 2.09. The minimum Gasteiger partial charge on any atom is -0.454 e. The van der Waals surface area contributed by atoms with Gasteiger partial charge in [0, 0.05) is 28.5 Å². The van der Waals surface area contributed by atoms with Gasteiger partial charge < -0.3 is 4.42 Å². The number of hydrogen-bond donors (Lipinski definition) is 0. The average molecular weight is 501 g/mol. The number of para-hydroxylation sites is 1. The van der Waals surface area contributed by atoms with Gasteiger partial charge in [-0.15, -0.1) is 0 Å². The van der Waals surface area contributed by atoms with Crippen molar-refractivity contribution in [3.63, 3.8) is 0 Å². The van der Waals surface area contributed by atoms with Crippen LogP contribution in [0.15, 0.2) is 126 Å². The molecule has 2 aromatic heterocycles. The first-order valence-electron chi connectivity index (χ1n) is 13.4. The lowest BCUT2D eigenvalue weighted by Gasteiger charge is -2.13. The predicted octanol–water partition coefficient (Wildman–Crippen LogP) is 9.51. The molecule has 0 aliphatic heterocycles. The molecule has 0 saturated carbocycles. The van der Waals surface area contributed by atoms with E-state index in [1.807, 2.05) is 0 Å². The van der Waals surface area contributed by atoms with E-state index >= 15 is 0 Å². The minimum absolute atomic E-state index is 0.934. The molecule has 2 heteroatoms. The number of furan rings is 1. The third-order valence-electron chi connectivity index (χ3n) is 8.22. The summed E-state index contributed by atoms with van der Waals surface area (Å²) in [5.41, 5.74) is 7.68. The Balaban J connectivity index is 1.49. The van der Waals surface area contributed by atoms with E-state index in [9.17, 15) is 0 Å². The third kappa shape index (κ3) is 3.18. The standard InChI is InChI=1S/C37H26NO/c1-23-17-20-31-29-14-9-15-30(36(29)39-37(31)34(23)33-16-7-8-21-38(33)2)32-22-25-19-18-24-10-3-4-11-26(24)35(25)28-13-6-5-12-27(28)32/h3-22H,1-2H3/q+1. The molecular formula is C37H26NO+. The predicted molar refractivity (Wildman–Crippen MR) is 163 cm³/mol. The van der Waals surface area contributed by atoms with E-state index in [-0.39, 0.29) is 0 Å². The molecule has 0 atom stereocenters. The SMILES string of the molecule is Cc1ccc2c(oc3c(-c4cc5ccc6ccccc6c5c5ccccc45)cccc32)c1-c1cccc[n+]1C. The molecule has 0 saturated heterocycles. The van der Waals surface area contributed by atoms with Crippen molar-refractivity contribution < 1.29 is 8.98 Å². The van der Waals surface area contributed by atoms with Gasteiger partial charge in [-0.25, -0.2) is 4.57 Å². The lowest BCUT2D eigenvalue weighted by atomic mass is 9.90. The summed E-state index contributed by atoms with van der Waals surface area (Å²) < 4.78 is 9.04. The second kappa shape index (κ2) is 8.28. The van der Waals surface area contributed by atoms with E-state index in [0.717, 1.165) is 38.8 Å². The van der Waals surface area contributed by atoms with E-state index in [4.69, 9.17) is 4.42 Å². The molecule has 2 heterocycles. The van der Waals surface area contributed by atoms with Crippen molar-refractivity contribution >= 4 is 54.3 Å². The molecule has 0 unspecified atom stereocenters. The zero-order chi connectivity index (χ0) is 26.1. The van der Waals surface area contributed by atoms with E-state index in [1.165, 1.54) is 43.4 Å². The minimum atomic E-state index is 0.934. The molecule has 0 aliphatic carbocycles. The Bertz CT molecular complexity index is 2250. The van der Waals surface area contributed by atoms with Crippen LogP contribution in [0.2, 0.25) is 0 Å². The normalized spacial score (nSPS) is 11.8. The Hall–Kier alpha value is -4.95. The zero-order valence-corrected chi connectivity index (χ0v) is 21.9. The van der Waals surface area contributed by atoms with Crippen LogP contribution in [0.5, 0.6) is 0 Å². The van der Waals surface area contributed by atoms with Crippen molar-refractivity contribution in [2.24, 2.45) is 7.05 Å². The van der Waals surface area contributed by atoms with E-state index in [1.54, 1.807) is 0 Å². The van der Waals surface area contributed by atoms with Crippen molar-refractivity contribution in [3.8, 4) is 22.4 Å². The zero-order valence-electron chi connectivity index (χ0n) is 21.9. The topological polar surface area (TPSA) is 17.0 Å².